The van der Waals surface area contributed by atoms with Crippen LogP contribution in [0.1, 0.15) is 50.0 Å². The maximum absolute atomic E-state index is 12.5. The van der Waals surface area contributed by atoms with E-state index in [4.69, 9.17) is 9.47 Å². The predicted octanol–water partition coefficient (Wildman–Crippen LogP) is 2.86. The second kappa shape index (κ2) is 7.90. The van der Waals surface area contributed by atoms with Gasteiger partial charge in [0.05, 0.1) is 19.8 Å². The molecule has 2 aromatic rings. The lowest BCUT2D eigenvalue weighted by molar-refractivity contribution is -0.133. The van der Waals surface area contributed by atoms with Crippen LogP contribution >= 0.6 is 0 Å². The van der Waals surface area contributed by atoms with Crippen LogP contribution in [0.25, 0.3) is 10.9 Å². The number of methoxy groups -OCH3 is 1. The van der Waals surface area contributed by atoms with Gasteiger partial charge in [-0.25, -0.2) is 0 Å². The standard InChI is InChI=1S/C21H28N2O4/c1-26-15-5-7-19-17(10-15)18(11-22-19)13-3-2-4-14(9-13)23-21(25)20-8-6-16(12-24)27-20/h5,7,10-11,13-14,16,20,22,24H,2-4,6,8-9,12H2,1H3,(H,23,25)/t13-,14+,16?,20+/m1/s1. The summed E-state index contributed by atoms with van der Waals surface area (Å²) >= 11 is 0. The van der Waals surface area contributed by atoms with Crippen molar-refractivity contribution in [3.63, 3.8) is 0 Å². The summed E-state index contributed by atoms with van der Waals surface area (Å²) in [5, 5.41) is 13.6. The molecular formula is C21H28N2O4. The molecule has 2 aliphatic rings. The Kier molecular flexibility index (Phi) is 5.36. The van der Waals surface area contributed by atoms with Crippen LogP contribution in [0.2, 0.25) is 0 Å². The molecule has 3 N–H and O–H groups in total. The van der Waals surface area contributed by atoms with Crippen LogP contribution in [0.15, 0.2) is 24.4 Å². The highest BCUT2D eigenvalue weighted by molar-refractivity contribution is 5.85. The third-order valence-electron chi connectivity index (χ3n) is 5.98. The lowest BCUT2D eigenvalue weighted by Gasteiger charge is -2.30. The second-order valence-electron chi connectivity index (χ2n) is 7.73. The molecule has 0 radical (unpaired) electrons. The molecule has 0 spiro atoms. The van der Waals surface area contributed by atoms with Crippen LogP contribution in [-0.4, -0.2) is 48.0 Å². The minimum Gasteiger partial charge on any atom is -0.497 e. The van der Waals surface area contributed by atoms with Gasteiger partial charge in [-0.2, -0.15) is 0 Å². The molecule has 4 rings (SSSR count). The molecule has 27 heavy (non-hydrogen) atoms. The summed E-state index contributed by atoms with van der Waals surface area (Å²) < 4.78 is 11.0. The van der Waals surface area contributed by atoms with E-state index in [0.717, 1.165) is 43.4 Å². The Morgan fingerprint density at radius 1 is 1.33 bits per heavy atom. The van der Waals surface area contributed by atoms with Gasteiger partial charge in [0, 0.05) is 23.1 Å². The Hall–Kier alpha value is -2.05. The Bertz CT molecular complexity index is 803. The third kappa shape index (κ3) is 3.82. The van der Waals surface area contributed by atoms with Crippen LogP contribution in [0.5, 0.6) is 5.75 Å². The molecule has 1 saturated carbocycles. The maximum atomic E-state index is 12.5. The number of amides is 1. The number of rotatable bonds is 5. The molecule has 1 amide bonds. The molecule has 4 atom stereocenters. The average Bonchev–Trinajstić information content (AvgIpc) is 3.34. The van der Waals surface area contributed by atoms with E-state index in [0.29, 0.717) is 12.3 Å². The summed E-state index contributed by atoms with van der Waals surface area (Å²) in [6.07, 6.45) is 7.09. The van der Waals surface area contributed by atoms with Crippen LogP contribution in [0, 0.1) is 0 Å². The van der Waals surface area contributed by atoms with E-state index < -0.39 is 6.10 Å². The van der Waals surface area contributed by atoms with Crippen molar-refractivity contribution in [2.45, 2.75) is 62.7 Å². The number of hydrogen-bond acceptors (Lipinski definition) is 4. The van der Waals surface area contributed by atoms with Crippen LogP contribution in [0.4, 0.5) is 0 Å². The molecule has 1 aliphatic heterocycles. The van der Waals surface area contributed by atoms with E-state index in [1.165, 1.54) is 10.9 Å². The Morgan fingerprint density at radius 3 is 3.00 bits per heavy atom. The van der Waals surface area contributed by atoms with Crippen molar-refractivity contribution >= 4 is 16.8 Å². The van der Waals surface area contributed by atoms with Gasteiger partial charge in [-0.15, -0.1) is 0 Å². The number of fused-ring (bicyclic) bond motifs is 1. The predicted molar refractivity (Wildman–Crippen MR) is 103 cm³/mol. The molecule has 1 saturated heterocycles. The molecule has 0 bridgehead atoms. The summed E-state index contributed by atoms with van der Waals surface area (Å²) in [7, 11) is 1.69. The van der Waals surface area contributed by atoms with E-state index in [1.807, 2.05) is 6.07 Å². The topological polar surface area (TPSA) is 83.6 Å². The molecule has 2 heterocycles. The van der Waals surface area contributed by atoms with E-state index in [2.05, 4.69) is 28.6 Å². The first-order valence-corrected chi connectivity index (χ1v) is 9.89. The first kappa shape index (κ1) is 18.3. The zero-order valence-corrected chi connectivity index (χ0v) is 15.7. The van der Waals surface area contributed by atoms with Crippen molar-refractivity contribution in [1.82, 2.24) is 10.3 Å². The number of carbonyl (C=O) groups excluding carboxylic acids is 1. The number of aliphatic hydroxyl groups is 1. The fraction of sp³-hybridized carbons (Fsp3) is 0.571. The molecular weight excluding hydrogens is 344 g/mol. The smallest absolute Gasteiger partial charge is 0.249 e. The largest absolute Gasteiger partial charge is 0.497 e. The summed E-state index contributed by atoms with van der Waals surface area (Å²) in [5.41, 5.74) is 2.42. The van der Waals surface area contributed by atoms with Gasteiger partial charge < -0.3 is 24.9 Å². The first-order valence-electron chi connectivity index (χ1n) is 9.89. The lowest BCUT2D eigenvalue weighted by Crippen LogP contribution is -2.43. The van der Waals surface area contributed by atoms with Crippen molar-refractivity contribution in [2.75, 3.05) is 13.7 Å². The Morgan fingerprint density at radius 2 is 2.22 bits per heavy atom. The van der Waals surface area contributed by atoms with E-state index in [-0.39, 0.29) is 24.7 Å². The number of H-pyrrole nitrogens is 1. The maximum Gasteiger partial charge on any atom is 0.249 e. The van der Waals surface area contributed by atoms with Gasteiger partial charge in [-0.05, 0) is 61.8 Å². The fourth-order valence-electron chi connectivity index (χ4n) is 4.52. The van der Waals surface area contributed by atoms with Gasteiger partial charge in [0.15, 0.2) is 0 Å². The zero-order valence-electron chi connectivity index (χ0n) is 15.7. The second-order valence-corrected chi connectivity index (χ2v) is 7.73. The number of benzene rings is 1. The monoisotopic (exact) mass is 372 g/mol. The van der Waals surface area contributed by atoms with Crippen molar-refractivity contribution in [2.24, 2.45) is 0 Å². The third-order valence-corrected chi connectivity index (χ3v) is 5.98. The lowest BCUT2D eigenvalue weighted by atomic mass is 9.81. The summed E-state index contributed by atoms with van der Waals surface area (Å²) in [6, 6.07) is 6.27. The van der Waals surface area contributed by atoms with E-state index >= 15 is 0 Å². The van der Waals surface area contributed by atoms with E-state index in [1.54, 1.807) is 7.11 Å². The number of hydrogen-bond donors (Lipinski definition) is 3. The van der Waals surface area contributed by atoms with Crippen molar-refractivity contribution in [1.29, 1.82) is 0 Å². The van der Waals surface area contributed by atoms with Gasteiger partial charge in [0.2, 0.25) is 5.91 Å². The van der Waals surface area contributed by atoms with Crippen LogP contribution in [0.3, 0.4) is 0 Å². The normalized spacial score (nSPS) is 28.4. The first-order chi connectivity index (χ1) is 13.2. The summed E-state index contributed by atoms with van der Waals surface area (Å²) in [5.74, 6) is 1.25. The van der Waals surface area contributed by atoms with E-state index in [9.17, 15) is 9.90 Å². The number of nitrogens with one attached hydrogen (secondary N) is 2. The Labute approximate surface area is 159 Å². The molecule has 6 nitrogen and oxygen atoms in total. The zero-order chi connectivity index (χ0) is 18.8. The number of aliphatic hydroxyl groups excluding tert-OH is 1. The van der Waals surface area contributed by atoms with Crippen LogP contribution < -0.4 is 10.1 Å². The van der Waals surface area contributed by atoms with Crippen LogP contribution in [-0.2, 0) is 9.53 Å². The number of ether oxygens (including phenoxy) is 2. The van der Waals surface area contributed by atoms with Gasteiger partial charge in [0.25, 0.3) is 0 Å². The molecule has 146 valence electrons. The molecule has 1 aliphatic carbocycles. The highest BCUT2D eigenvalue weighted by Gasteiger charge is 2.33. The van der Waals surface area contributed by atoms with Crippen molar-refractivity contribution in [3.8, 4) is 5.75 Å². The van der Waals surface area contributed by atoms with Crippen molar-refractivity contribution < 1.29 is 19.4 Å². The minimum atomic E-state index is -0.417. The van der Waals surface area contributed by atoms with Gasteiger partial charge in [0.1, 0.15) is 11.9 Å². The molecule has 6 heteroatoms. The summed E-state index contributed by atoms with van der Waals surface area (Å²) in [6.45, 7) is -0.0146. The molecule has 2 fully saturated rings. The van der Waals surface area contributed by atoms with Gasteiger partial charge in [-0.3, -0.25) is 4.79 Å². The SMILES string of the molecule is COc1ccc2[nH]cc([C@@H]3CCC[C@H](NC(=O)[C@@H]4CCC(CO)O4)C3)c2c1. The number of aromatic amines is 1. The highest BCUT2D eigenvalue weighted by atomic mass is 16.5. The average molecular weight is 372 g/mol. The fourth-order valence-corrected chi connectivity index (χ4v) is 4.52. The molecule has 1 unspecified atom stereocenters. The van der Waals surface area contributed by atoms with Gasteiger partial charge >= 0.3 is 0 Å². The molecule has 1 aromatic heterocycles. The number of carbonyl (C=O) groups is 1. The quantitative estimate of drug-likeness (QED) is 0.754. The van der Waals surface area contributed by atoms with Gasteiger partial charge in [-0.1, -0.05) is 6.42 Å². The highest BCUT2D eigenvalue weighted by Crippen LogP contribution is 2.37. The number of aromatic nitrogens is 1. The molecule has 1 aromatic carbocycles. The Balaban J connectivity index is 1.43. The van der Waals surface area contributed by atoms with Crippen molar-refractivity contribution in [3.05, 3.63) is 30.0 Å². The minimum absolute atomic E-state index is 0.0146. The summed E-state index contributed by atoms with van der Waals surface area (Å²) in [4.78, 5) is 15.9.